The van der Waals surface area contributed by atoms with Crippen molar-refractivity contribution < 1.29 is 4.74 Å². The summed E-state index contributed by atoms with van der Waals surface area (Å²) in [7, 11) is 1.72. The second kappa shape index (κ2) is 5.54. The summed E-state index contributed by atoms with van der Waals surface area (Å²) in [5.74, 6) is 1.60. The molecule has 0 radical (unpaired) electrons. The molecule has 1 aliphatic rings. The van der Waals surface area contributed by atoms with E-state index < -0.39 is 0 Å². The molecule has 1 atom stereocenters. The van der Waals surface area contributed by atoms with Crippen LogP contribution in [0.25, 0.3) is 0 Å². The van der Waals surface area contributed by atoms with E-state index in [1.54, 1.807) is 7.11 Å². The Balaban J connectivity index is 2.15. The van der Waals surface area contributed by atoms with Crippen LogP contribution < -0.4 is 10.5 Å². The maximum atomic E-state index is 6.39. The molecule has 2 N–H and O–H groups in total. The standard InChI is InChI=1S/C15H23NO/c1-11-8-9-13(10-14(11)17-2)15(16)12-6-4-3-5-7-12/h8-10,12,15H,3-7,16H2,1-2H3/t15-/m1/s1. The summed E-state index contributed by atoms with van der Waals surface area (Å²) in [4.78, 5) is 0. The van der Waals surface area contributed by atoms with Crippen molar-refractivity contribution in [1.29, 1.82) is 0 Å². The van der Waals surface area contributed by atoms with Crippen molar-refractivity contribution in [3.05, 3.63) is 29.3 Å². The Labute approximate surface area is 104 Å². The molecule has 1 aromatic rings. The second-order valence-corrected chi connectivity index (χ2v) is 5.15. The Morgan fingerprint density at radius 3 is 2.59 bits per heavy atom. The highest BCUT2D eigenvalue weighted by atomic mass is 16.5. The average molecular weight is 233 g/mol. The Kier molecular flexibility index (Phi) is 4.06. The van der Waals surface area contributed by atoms with Crippen LogP contribution in [0.15, 0.2) is 18.2 Å². The molecular formula is C15H23NO. The van der Waals surface area contributed by atoms with E-state index in [4.69, 9.17) is 10.5 Å². The van der Waals surface area contributed by atoms with Gasteiger partial charge in [0.05, 0.1) is 7.11 Å². The lowest BCUT2D eigenvalue weighted by Crippen LogP contribution is -2.23. The first-order valence-corrected chi connectivity index (χ1v) is 6.62. The van der Waals surface area contributed by atoms with Crippen LogP contribution in [0.3, 0.4) is 0 Å². The number of rotatable bonds is 3. The first-order valence-electron chi connectivity index (χ1n) is 6.62. The van der Waals surface area contributed by atoms with Gasteiger partial charge in [-0.1, -0.05) is 31.4 Å². The molecule has 0 unspecified atom stereocenters. The van der Waals surface area contributed by atoms with Crippen LogP contribution >= 0.6 is 0 Å². The molecule has 2 rings (SSSR count). The molecule has 0 aliphatic heterocycles. The maximum Gasteiger partial charge on any atom is 0.122 e. The summed E-state index contributed by atoms with van der Waals surface area (Å²) in [6, 6.07) is 6.53. The van der Waals surface area contributed by atoms with Crippen molar-refractivity contribution in [1.82, 2.24) is 0 Å². The van der Waals surface area contributed by atoms with Gasteiger partial charge in [0.2, 0.25) is 0 Å². The van der Waals surface area contributed by atoms with Crippen molar-refractivity contribution in [2.24, 2.45) is 11.7 Å². The molecule has 94 valence electrons. The molecule has 1 fully saturated rings. The van der Waals surface area contributed by atoms with Gasteiger partial charge in [-0.25, -0.2) is 0 Å². The number of benzene rings is 1. The Hall–Kier alpha value is -1.02. The zero-order valence-corrected chi connectivity index (χ0v) is 10.9. The average Bonchev–Trinajstić information content (AvgIpc) is 2.39. The highest BCUT2D eigenvalue weighted by Crippen LogP contribution is 2.34. The lowest BCUT2D eigenvalue weighted by molar-refractivity contribution is 0.307. The predicted molar refractivity (Wildman–Crippen MR) is 71.2 cm³/mol. The topological polar surface area (TPSA) is 35.2 Å². The van der Waals surface area contributed by atoms with E-state index in [0.717, 1.165) is 5.75 Å². The molecule has 0 spiro atoms. The summed E-state index contributed by atoms with van der Waals surface area (Å²) < 4.78 is 5.37. The molecule has 17 heavy (non-hydrogen) atoms. The number of nitrogens with two attached hydrogens (primary N) is 1. The predicted octanol–water partition coefficient (Wildman–Crippen LogP) is 3.58. The summed E-state index contributed by atoms with van der Waals surface area (Å²) >= 11 is 0. The van der Waals surface area contributed by atoms with E-state index in [9.17, 15) is 0 Å². The van der Waals surface area contributed by atoms with E-state index >= 15 is 0 Å². The van der Waals surface area contributed by atoms with E-state index in [2.05, 4.69) is 25.1 Å². The van der Waals surface area contributed by atoms with Crippen LogP contribution in [0.1, 0.15) is 49.3 Å². The smallest absolute Gasteiger partial charge is 0.122 e. The number of hydrogen-bond acceptors (Lipinski definition) is 2. The van der Waals surface area contributed by atoms with E-state index in [1.807, 2.05) is 0 Å². The number of methoxy groups -OCH3 is 1. The quantitative estimate of drug-likeness (QED) is 0.866. The van der Waals surface area contributed by atoms with E-state index in [-0.39, 0.29) is 6.04 Å². The molecule has 0 saturated heterocycles. The van der Waals surface area contributed by atoms with Crippen molar-refractivity contribution >= 4 is 0 Å². The SMILES string of the molecule is COc1cc([C@H](N)C2CCCCC2)ccc1C. The third-order valence-corrected chi connectivity index (χ3v) is 3.97. The zero-order chi connectivity index (χ0) is 12.3. The van der Waals surface area contributed by atoms with Crippen molar-refractivity contribution in [2.75, 3.05) is 7.11 Å². The van der Waals surface area contributed by atoms with E-state index in [1.165, 1.54) is 43.2 Å². The largest absolute Gasteiger partial charge is 0.496 e. The van der Waals surface area contributed by atoms with Gasteiger partial charge in [-0.3, -0.25) is 0 Å². The fourth-order valence-corrected chi connectivity index (χ4v) is 2.81. The minimum Gasteiger partial charge on any atom is -0.496 e. The molecule has 1 aliphatic carbocycles. The molecule has 2 nitrogen and oxygen atoms in total. The first kappa shape index (κ1) is 12.4. The van der Waals surface area contributed by atoms with Gasteiger partial charge < -0.3 is 10.5 Å². The molecule has 0 bridgehead atoms. The summed E-state index contributed by atoms with van der Waals surface area (Å²) in [6.07, 6.45) is 6.60. The summed E-state index contributed by atoms with van der Waals surface area (Å²) in [6.45, 7) is 2.06. The van der Waals surface area contributed by atoms with Gasteiger partial charge in [-0.05, 0) is 42.9 Å². The van der Waals surface area contributed by atoms with Crippen molar-refractivity contribution in [3.63, 3.8) is 0 Å². The van der Waals surface area contributed by atoms with Gasteiger partial charge in [0.1, 0.15) is 5.75 Å². The number of ether oxygens (including phenoxy) is 1. The zero-order valence-electron chi connectivity index (χ0n) is 10.9. The highest BCUT2D eigenvalue weighted by molar-refractivity contribution is 5.37. The fraction of sp³-hybridized carbons (Fsp3) is 0.600. The normalized spacial score (nSPS) is 19.0. The molecule has 2 heteroatoms. The summed E-state index contributed by atoms with van der Waals surface area (Å²) in [5.41, 5.74) is 8.78. The second-order valence-electron chi connectivity index (χ2n) is 5.15. The lowest BCUT2D eigenvalue weighted by Gasteiger charge is -2.28. The first-order chi connectivity index (χ1) is 8.22. The van der Waals surface area contributed by atoms with Crippen LogP contribution in [0, 0.1) is 12.8 Å². The van der Waals surface area contributed by atoms with Crippen LogP contribution in [0.2, 0.25) is 0 Å². The Morgan fingerprint density at radius 2 is 1.94 bits per heavy atom. The van der Waals surface area contributed by atoms with Crippen LogP contribution in [-0.4, -0.2) is 7.11 Å². The monoisotopic (exact) mass is 233 g/mol. The minimum atomic E-state index is 0.171. The van der Waals surface area contributed by atoms with Gasteiger partial charge in [0, 0.05) is 6.04 Å². The van der Waals surface area contributed by atoms with Gasteiger partial charge in [0.25, 0.3) is 0 Å². The van der Waals surface area contributed by atoms with Gasteiger partial charge in [-0.2, -0.15) is 0 Å². The van der Waals surface area contributed by atoms with Gasteiger partial charge in [0.15, 0.2) is 0 Å². The summed E-state index contributed by atoms with van der Waals surface area (Å²) in [5, 5.41) is 0. The minimum absolute atomic E-state index is 0.171. The highest BCUT2D eigenvalue weighted by Gasteiger charge is 2.22. The molecule has 0 aromatic heterocycles. The number of aryl methyl sites for hydroxylation is 1. The van der Waals surface area contributed by atoms with Crippen LogP contribution in [-0.2, 0) is 0 Å². The van der Waals surface area contributed by atoms with Gasteiger partial charge in [-0.15, -0.1) is 0 Å². The van der Waals surface area contributed by atoms with Gasteiger partial charge >= 0.3 is 0 Å². The third kappa shape index (κ3) is 2.81. The number of hydrogen-bond donors (Lipinski definition) is 1. The molecule has 0 heterocycles. The molecule has 0 amide bonds. The third-order valence-electron chi connectivity index (χ3n) is 3.97. The van der Waals surface area contributed by atoms with E-state index in [0.29, 0.717) is 5.92 Å². The molecular weight excluding hydrogens is 210 g/mol. The lowest BCUT2D eigenvalue weighted by atomic mass is 9.81. The van der Waals surface area contributed by atoms with Crippen molar-refractivity contribution in [2.45, 2.75) is 45.1 Å². The molecule has 1 saturated carbocycles. The Bertz CT molecular complexity index is 369. The van der Waals surface area contributed by atoms with Crippen molar-refractivity contribution in [3.8, 4) is 5.75 Å². The van der Waals surface area contributed by atoms with Crippen LogP contribution in [0.4, 0.5) is 0 Å². The molecule has 1 aromatic carbocycles. The van der Waals surface area contributed by atoms with Crippen LogP contribution in [0.5, 0.6) is 5.75 Å². The fourth-order valence-electron chi connectivity index (χ4n) is 2.81. The Morgan fingerprint density at radius 1 is 1.24 bits per heavy atom. The maximum absolute atomic E-state index is 6.39.